The molecule has 1 atom stereocenters. The van der Waals surface area contributed by atoms with Crippen molar-refractivity contribution in [3.8, 4) is 0 Å². The van der Waals surface area contributed by atoms with Gasteiger partial charge in [0.05, 0.1) is 12.6 Å². The van der Waals surface area contributed by atoms with Gasteiger partial charge in [0.25, 0.3) is 0 Å². The number of aliphatic hydroxyl groups is 1. The molecular weight excluding hydrogens is 252 g/mol. The molecule has 1 aromatic carbocycles. The van der Waals surface area contributed by atoms with E-state index in [1.54, 1.807) is 4.90 Å². The van der Waals surface area contributed by atoms with E-state index < -0.39 is 0 Å². The highest BCUT2D eigenvalue weighted by Crippen LogP contribution is 2.21. The molecule has 0 aliphatic carbocycles. The first kappa shape index (κ1) is 16.5. The zero-order valence-electron chi connectivity index (χ0n) is 12.7. The molecule has 2 amide bonds. The Morgan fingerprint density at radius 3 is 2.40 bits per heavy atom. The van der Waals surface area contributed by atoms with Crippen LogP contribution in [0.4, 0.5) is 4.79 Å². The van der Waals surface area contributed by atoms with Crippen LogP contribution in [0.15, 0.2) is 30.3 Å². The van der Waals surface area contributed by atoms with Gasteiger partial charge in [0.15, 0.2) is 0 Å². The number of urea groups is 1. The number of nitrogens with one attached hydrogen (secondary N) is 1. The normalized spacial score (nSPS) is 12.2. The van der Waals surface area contributed by atoms with E-state index in [1.165, 1.54) is 0 Å². The van der Waals surface area contributed by atoms with Gasteiger partial charge < -0.3 is 15.3 Å². The van der Waals surface area contributed by atoms with Crippen molar-refractivity contribution >= 4 is 6.03 Å². The van der Waals surface area contributed by atoms with Crippen molar-refractivity contribution < 1.29 is 9.90 Å². The van der Waals surface area contributed by atoms with E-state index >= 15 is 0 Å². The number of aliphatic hydroxyl groups excluding tert-OH is 1. The van der Waals surface area contributed by atoms with E-state index in [0.29, 0.717) is 19.0 Å². The first-order chi connectivity index (χ1) is 9.60. The maximum atomic E-state index is 12.3. The summed E-state index contributed by atoms with van der Waals surface area (Å²) in [5, 5.41) is 12.1. The van der Waals surface area contributed by atoms with Crippen molar-refractivity contribution in [2.45, 2.75) is 33.2 Å². The summed E-state index contributed by atoms with van der Waals surface area (Å²) in [4.78, 5) is 14.0. The highest BCUT2D eigenvalue weighted by atomic mass is 16.3. The second-order valence-electron chi connectivity index (χ2n) is 5.29. The molecule has 0 bridgehead atoms. The molecule has 0 saturated heterocycles. The number of carbonyl (C=O) groups is 1. The van der Waals surface area contributed by atoms with E-state index in [0.717, 1.165) is 12.0 Å². The van der Waals surface area contributed by atoms with Gasteiger partial charge in [-0.2, -0.15) is 0 Å². The number of hydrogen-bond acceptors (Lipinski definition) is 2. The summed E-state index contributed by atoms with van der Waals surface area (Å²) in [6.07, 6.45) is 0.880. The summed E-state index contributed by atoms with van der Waals surface area (Å²) >= 11 is 0. The SMILES string of the molecule is CCCN(CCO)C(=O)NC(c1ccccc1)C(C)C. The summed E-state index contributed by atoms with van der Waals surface area (Å²) in [6.45, 7) is 7.23. The van der Waals surface area contributed by atoms with Gasteiger partial charge in [-0.3, -0.25) is 0 Å². The van der Waals surface area contributed by atoms with Crippen molar-refractivity contribution in [3.63, 3.8) is 0 Å². The summed E-state index contributed by atoms with van der Waals surface area (Å²) in [5.74, 6) is 0.305. The van der Waals surface area contributed by atoms with Crippen molar-refractivity contribution in [1.82, 2.24) is 10.2 Å². The van der Waals surface area contributed by atoms with E-state index in [9.17, 15) is 4.79 Å². The van der Waals surface area contributed by atoms with Gasteiger partial charge in [-0.1, -0.05) is 51.1 Å². The summed E-state index contributed by atoms with van der Waals surface area (Å²) in [7, 11) is 0. The Morgan fingerprint density at radius 2 is 1.90 bits per heavy atom. The Kier molecular flexibility index (Phi) is 7.09. The number of nitrogens with zero attached hydrogens (tertiary/aromatic N) is 1. The Hall–Kier alpha value is -1.55. The fourth-order valence-corrected chi connectivity index (χ4v) is 2.23. The fourth-order valence-electron chi connectivity index (χ4n) is 2.23. The largest absolute Gasteiger partial charge is 0.395 e. The smallest absolute Gasteiger partial charge is 0.317 e. The molecule has 0 fully saturated rings. The van der Waals surface area contributed by atoms with Gasteiger partial charge in [-0.25, -0.2) is 4.79 Å². The van der Waals surface area contributed by atoms with Crippen molar-refractivity contribution in [2.75, 3.05) is 19.7 Å². The molecule has 4 nitrogen and oxygen atoms in total. The van der Waals surface area contributed by atoms with Crippen LogP contribution in [0.25, 0.3) is 0 Å². The minimum Gasteiger partial charge on any atom is -0.395 e. The summed E-state index contributed by atoms with van der Waals surface area (Å²) < 4.78 is 0. The van der Waals surface area contributed by atoms with Crippen molar-refractivity contribution in [2.24, 2.45) is 5.92 Å². The second kappa shape index (κ2) is 8.59. The molecule has 1 rings (SSSR count). The Labute approximate surface area is 121 Å². The maximum Gasteiger partial charge on any atom is 0.317 e. The maximum absolute atomic E-state index is 12.3. The van der Waals surface area contributed by atoms with Crippen LogP contribution in [0, 0.1) is 5.92 Å². The molecule has 0 aromatic heterocycles. The van der Waals surface area contributed by atoms with Crippen LogP contribution in [0.3, 0.4) is 0 Å². The van der Waals surface area contributed by atoms with Gasteiger partial charge in [0, 0.05) is 13.1 Å². The highest BCUT2D eigenvalue weighted by molar-refractivity contribution is 5.74. The molecule has 0 radical (unpaired) electrons. The number of benzene rings is 1. The van der Waals surface area contributed by atoms with Crippen LogP contribution < -0.4 is 5.32 Å². The summed E-state index contributed by atoms with van der Waals surface area (Å²) in [5.41, 5.74) is 1.11. The quantitative estimate of drug-likeness (QED) is 0.806. The molecule has 112 valence electrons. The lowest BCUT2D eigenvalue weighted by molar-refractivity contribution is 0.171. The first-order valence-corrected chi connectivity index (χ1v) is 7.31. The summed E-state index contributed by atoms with van der Waals surface area (Å²) in [6, 6.07) is 9.87. The van der Waals surface area contributed by atoms with Crippen LogP contribution in [-0.4, -0.2) is 35.7 Å². The average molecular weight is 278 g/mol. The van der Waals surface area contributed by atoms with Crippen molar-refractivity contribution in [1.29, 1.82) is 0 Å². The van der Waals surface area contributed by atoms with Crippen LogP contribution in [-0.2, 0) is 0 Å². The molecule has 1 unspecified atom stereocenters. The third-order valence-corrected chi connectivity index (χ3v) is 3.25. The lowest BCUT2D eigenvalue weighted by Gasteiger charge is -2.28. The lowest BCUT2D eigenvalue weighted by atomic mass is 9.96. The number of rotatable bonds is 7. The lowest BCUT2D eigenvalue weighted by Crippen LogP contribution is -2.44. The van der Waals surface area contributed by atoms with Gasteiger partial charge in [-0.15, -0.1) is 0 Å². The Bertz CT molecular complexity index is 387. The highest BCUT2D eigenvalue weighted by Gasteiger charge is 2.21. The molecule has 0 spiro atoms. The monoisotopic (exact) mass is 278 g/mol. The van der Waals surface area contributed by atoms with Crippen LogP contribution >= 0.6 is 0 Å². The molecule has 0 aliphatic rings. The zero-order valence-corrected chi connectivity index (χ0v) is 12.7. The first-order valence-electron chi connectivity index (χ1n) is 7.31. The minimum atomic E-state index is -0.108. The zero-order chi connectivity index (χ0) is 15.0. The minimum absolute atomic E-state index is 0.00883. The Morgan fingerprint density at radius 1 is 1.25 bits per heavy atom. The molecule has 2 N–H and O–H groups in total. The predicted molar refractivity (Wildman–Crippen MR) is 81.5 cm³/mol. The molecule has 4 heteroatoms. The van der Waals surface area contributed by atoms with E-state index in [-0.39, 0.29) is 18.7 Å². The average Bonchev–Trinajstić information content (AvgIpc) is 2.45. The predicted octanol–water partition coefficient (Wildman–Crippen LogP) is 2.80. The third-order valence-electron chi connectivity index (χ3n) is 3.25. The number of amides is 2. The molecule has 0 heterocycles. The van der Waals surface area contributed by atoms with E-state index in [4.69, 9.17) is 5.11 Å². The fraction of sp³-hybridized carbons (Fsp3) is 0.562. The van der Waals surface area contributed by atoms with Gasteiger partial charge in [0.1, 0.15) is 0 Å². The topological polar surface area (TPSA) is 52.6 Å². The van der Waals surface area contributed by atoms with E-state index in [1.807, 2.05) is 37.3 Å². The van der Waals surface area contributed by atoms with E-state index in [2.05, 4.69) is 19.2 Å². The molecule has 0 aliphatic heterocycles. The molecule has 1 aromatic rings. The number of carbonyl (C=O) groups excluding carboxylic acids is 1. The molecular formula is C16H26N2O2. The third kappa shape index (κ3) is 4.85. The van der Waals surface area contributed by atoms with Gasteiger partial charge in [0.2, 0.25) is 0 Å². The molecule has 0 saturated carbocycles. The number of hydrogen-bond donors (Lipinski definition) is 2. The molecule has 20 heavy (non-hydrogen) atoms. The second-order valence-corrected chi connectivity index (χ2v) is 5.29. The van der Waals surface area contributed by atoms with Crippen LogP contribution in [0.5, 0.6) is 0 Å². The van der Waals surface area contributed by atoms with Gasteiger partial charge >= 0.3 is 6.03 Å². The van der Waals surface area contributed by atoms with Crippen LogP contribution in [0.2, 0.25) is 0 Å². The van der Waals surface area contributed by atoms with Crippen molar-refractivity contribution in [3.05, 3.63) is 35.9 Å². The van der Waals surface area contributed by atoms with Crippen LogP contribution in [0.1, 0.15) is 38.8 Å². The standard InChI is InChI=1S/C16H26N2O2/c1-4-10-18(11-12-19)16(20)17-15(13(2)3)14-8-6-5-7-9-14/h5-9,13,15,19H,4,10-12H2,1-3H3,(H,17,20). The Balaban J connectivity index is 2.77. The van der Waals surface area contributed by atoms with Gasteiger partial charge in [-0.05, 0) is 17.9 Å².